The first-order valence-electron chi connectivity index (χ1n) is 9.56. The standard InChI is InChI=1S/C20H30N6/c1-5-19-25-23-13-26(19)11-10-22-20(21-4)24-18-12-17(18)16-8-6-15(7-9-16)14(2)3/h6-9,13-14,17-18H,5,10-12H2,1-4H3,(H2,21,22,24). The lowest BCUT2D eigenvalue weighted by atomic mass is 10.0. The fourth-order valence-electron chi connectivity index (χ4n) is 3.26. The van der Waals surface area contributed by atoms with Gasteiger partial charge in [-0.05, 0) is 23.5 Å². The SMILES string of the molecule is CCc1nncn1CCNC(=NC)NC1CC1c1ccc(C(C)C)cc1. The van der Waals surface area contributed by atoms with Crippen molar-refractivity contribution in [2.24, 2.45) is 4.99 Å². The van der Waals surface area contributed by atoms with E-state index in [1.54, 1.807) is 6.33 Å². The molecule has 1 aliphatic carbocycles. The lowest BCUT2D eigenvalue weighted by Gasteiger charge is -2.13. The maximum Gasteiger partial charge on any atom is 0.191 e. The molecule has 0 aliphatic heterocycles. The minimum Gasteiger partial charge on any atom is -0.355 e. The highest BCUT2D eigenvalue weighted by atomic mass is 15.3. The first-order valence-corrected chi connectivity index (χ1v) is 9.56. The zero-order valence-electron chi connectivity index (χ0n) is 16.2. The van der Waals surface area contributed by atoms with Crippen LogP contribution in [0.2, 0.25) is 0 Å². The summed E-state index contributed by atoms with van der Waals surface area (Å²) in [6.07, 6.45) is 3.84. The van der Waals surface area contributed by atoms with Crippen LogP contribution in [0.3, 0.4) is 0 Å². The Hall–Kier alpha value is -2.37. The minimum absolute atomic E-state index is 0.465. The van der Waals surface area contributed by atoms with Crippen molar-refractivity contribution in [1.29, 1.82) is 0 Å². The zero-order chi connectivity index (χ0) is 18.5. The number of guanidine groups is 1. The molecule has 1 saturated carbocycles. The molecule has 2 unspecified atom stereocenters. The summed E-state index contributed by atoms with van der Waals surface area (Å²) in [6, 6.07) is 9.53. The van der Waals surface area contributed by atoms with Crippen LogP contribution >= 0.6 is 0 Å². The van der Waals surface area contributed by atoms with Gasteiger partial charge in [0, 0.05) is 38.5 Å². The summed E-state index contributed by atoms with van der Waals surface area (Å²) >= 11 is 0. The van der Waals surface area contributed by atoms with Crippen molar-refractivity contribution in [1.82, 2.24) is 25.4 Å². The number of aryl methyl sites for hydroxylation is 1. The van der Waals surface area contributed by atoms with E-state index in [9.17, 15) is 0 Å². The quantitative estimate of drug-likeness (QED) is 0.593. The molecule has 0 amide bonds. The second-order valence-electron chi connectivity index (χ2n) is 7.21. The molecule has 1 fully saturated rings. The van der Waals surface area contributed by atoms with Gasteiger partial charge in [-0.25, -0.2) is 0 Å². The lowest BCUT2D eigenvalue weighted by Crippen LogP contribution is -2.40. The minimum atomic E-state index is 0.465. The van der Waals surface area contributed by atoms with Gasteiger partial charge in [0.2, 0.25) is 0 Å². The van der Waals surface area contributed by atoms with Gasteiger partial charge in [0.25, 0.3) is 0 Å². The molecule has 2 atom stereocenters. The first-order chi connectivity index (χ1) is 12.6. The van der Waals surface area contributed by atoms with Crippen molar-refractivity contribution in [3.8, 4) is 0 Å². The number of hydrogen-bond donors (Lipinski definition) is 2. The predicted molar refractivity (Wildman–Crippen MR) is 106 cm³/mol. The van der Waals surface area contributed by atoms with Crippen LogP contribution in [0, 0.1) is 0 Å². The average molecular weight is 355 g/mol. The van der Waals surface area contributed by atoms with Gasteiger partial charge in [-0.1, -0.05) is 45.0 Å². The Labute approximate surface area is 156 Å². The first kappa shape index (κ1) is 18.4. The van der Waals surface area contributed by atoms with E-state index in [1.807, 2.05) is 7.05 Å². The summed E-state index contributed by atoms with van der Waals surface area (Å²) in [7, 11) is 1.82. The Morgan fingerprint density at radius 3 is 2.73 bits per heavy atom. The van der Waals surface area contributed by atoms with Gasteiger partial charge in [0.1, 0.15) is 12.2 Å². The van der Waals surface area contributed by atoms with Crippen LogP contribution in [0.15, 0.2) is 35.6 Å². The molecule has 2 aromatic rings. The third kappa shape index (κ3) is 4.42. The highest BCUT2D eigenvalue weighted by molar-refractivity contribution is 5.80. The predicted octanol–water partition coefficient (Wildman–Crippen LogP) is 2.69. The van der Waals surface area contributed by atoms with Crippen molar-refractivity contribution in [3.05, 3.63) is 47.5 Å². The lowest BCUT2D eigenvalue weighted by molar-refractivity contribution is 0.631. The van der Waals surface area contributed by atoms with Gasteiger partial charge in [0.15, 0.2) is 5.96 Å². The summed E-state index contributed by atoms with van der Waals surface area (Å²) in [5.41, 5.74) is 2.82. The van der Waals surface area contributed by atoms with Crippen molar-refractivity contribution in [2.45, 2.75) is 58.0 Å². The van der Waals surface area contributed by atoms with Crippen molar-refractivity contribution >= 4 is 5.96 Å². The zero-order valence-corrected chi connectivity index (χ0v) is 16.2. The Morgan fingerprint density at radius 1 is 1.31 bits per heavy atom. The topological polar surface area (TPSA) is 67.1 Å². The van der Waals surface area contributed by atoms with E-state index in [4.69, 9.17) is 0 Å². The largest absolute Gasteiger partial charge is 0.355 e. The summed E-state index contributed by atoms with van der Waals surface area (Å²) in [5, 5.41) is 15.0. The van der Waals surface area contributed by atoms with Crippen LogP contribution in [0.5, 0.6) is 0 Å². The van der Waals surface area contributed by atoms with E-state index in [0.29, 0.717) is 17.9 Å². The van der Waals surface area contributed by atoms with Gasteiger partial charge in [0.05, 0.1) is 0 Å². The number of nitrogens with one attached hydrogen (secondary N) is 2. The molecule has 140 valence electrons. The molecular weight excluding hydrogens is 324 g/mol. The molecule has 1 aromatic heterocycles. The van der Waals surface area contributed by atoms with Crippen molar-refractivity contribution in [2.75, 3.05) is 13.6 Å². The Morgan fingerprint density at radius 2 is 2.08 bits per heavy atom. The summed E-state index contributed by atoms with van der Waals surface area (Å²) in [6.45, 7) is 8.19. The van der Waals surface area contributed by atoms with Crippen LogP contribution in [-0.4, -0.2) is 40.4 Å². The molecule has 1 heterocycles. The molecule has 0 saturated heterocycles. The fourth-order valence-corrected chi connectivity index (χ4v) is 3.26. The Bertz CT molecular complexity index is 731. The van der Waals surface area contributed by atoms with E-state index in [-0.39, 0.29) is 0 Å². The van der Waals surface area contributed by atoms with Crippen LogP contribution in [0.4, 0.5) is 0 Å². The Kier molecular flexibility index (Phi) is 5.91. The maximum atomic E-state index is 4.35. The van der Waals surface area contributed by atoms with Gasteiger partial charge < -0.3 is 15.2 Å². The van der Waals surface area contributed by atoms with E-state index in [0.717, 1.165) is 37.7 Å². The van der Waals surface area contributed by atoms with E-state index in [2.05, 4.69) is 75.4 Å². The molecule has 0 spiro atoms. The number of nitrogens with zero attached hydrogens (tertiary/aromatic N) is 4. The highest BCUT2D eigenvalue weighted by Crippen LogP contribution is 2.41. The maximum absolute atomic E-state index is 4.35. The summed E-state index contributed by atoms with van der Waals surface area (Å²) in [4.78, 5) is 4.35. The molecule has 1 aromatic carbocycles. The number of benzene rings is 1. The molecule has 6 nitrogen and oxygen atoms in total. The summed E-state index contributed by atoms with van der Waals surface area (Å²) < 4.78 is 2.08. The molecule has 2 N–H and O–H groups in total. The van der Waals surface area contributed by atoms with Crippen molar-refractivity contribution in [3.63, 3.8) is 0 Å². The van der Waals surface area contributed by atoms with Crippen LogP contribution < -0.4 is 10.6 Å². The van der Waals surface area contributed by atoms with E-state index >= 15 is 0 Å². The fraction of sp³-hybridized carbons (Fsp3) is 0.550. The second-order valence-corrected chi connectivity index (χ2v) is 7.21. The molecule has 6 heteroatoms. The third-order valence-corrected chi connectivity index (χ3v) is 5.02. The molecule has 0 radical (unpaired) electrons. The second kappa shape index (κ2) is 8.34. The van der Waals surface area contributed by atoms with Gasteiger partial charge in [-0.15, -0.1) is 10.2 Å². The van der Waals surface area contributed by atoms with Crippen LogP contribution in [0.1, 0.15) is 56.0 Å². The summed E-state index contributed by atoms with van der Waals surface area (Å²) in [5.74, 6) is 3.04. The molecule has 3 rings (SSSR count). The third-order valence-electron chi connectivity index (χ3n) is 5.02. The average Bonchev–Trinajstić information content (AvgIpc) is 3.27. The monoisotopic (exact) mass is 354 g/mol. The van der Waals surface area contributed by atoms with Gasteiger partial charge in [-0.2, -0.15) is 0 Å². The number of aromatic nitrogens is 3. The Balaban J connectivity index is 1.46. The molecular formula is C20H30N6. The normalized spacial score (nSPS) is 19.7. The number of hydrogen-bond acceptors (Lipinski definition) is 3. The molecule has 0 bridgehead atoms. The number of aliphatic imine (C=N–C) groups is 1. The molecule has 26 heavy (non-hydrogen) atoms. The highest BCUT2D eigenvalue weighted by Gasteiger charge is 2.38. The van der Waals surface area contributed by atoms with Gasteiger partial charge in [-0.3, -0.25) is 4.99 Å². The number of rotatable bonds is 7. The van der Waals surface area contributed by atoms with Crippen LogP contribution in [-0.2, 0) is 13.0 Å². The molecule has 1 aliphatic rings. The smallest absolute Gasteiger partial charge is 0.191 e. The van der Waals surface area contributed by atoms with E-state index < -0.39 is 0 Å². The van der Waals surface area contributed by atoms with Crippen LogP contribution in [0.25, 0.3) is 0 Å². The van der Waals surface area contributed by atoms with Crippen molar-refractivity contribution < 1.29 is 0 Å². The van der Waals surface area contributed by atoms with Gasteiger partial charge >= 0.3 is 0 Å². The van der Waals surface area contributed by atoms with E-state index in [1.165, 1.54) is 11.1 Å².